The molecule has 2 heterocycles. The van der Waals surface area contributed by atoms with E-state index in [-0.39, 0.29) is 11.9 Å². The molecule has 2 unspecified atom stereocenters. The van der Waals surface area contributed by atoms with Crippen molar-refractivity contribution in [2.75, 3.05) is 13.1 Å². The number of nitrogens with one attached hydrogen (secondary N) is 1. The third-order valence-corrected chi connectivity index (χ3v) is 3.50. The van der Waals surface area contributed by atoms with Crippen LogP contribution in [0.4, 0.5) is 13.2 Å². The summed E-state index contributed by atoms with van der Waals surface area (Å²) in [4.78, 5) is 13.3. The van der Waals surface area contributed by atoms with Crippen molar-refractivity contribution < 1.29 is 18.0 Å². The first-order valence-electron chi connectivity index (χ1n) is 6.04. The van der Waals surface area contributed by atoms with Gasteiger partial charge in [-0.1, -0.05) is 0 Å². The number of carbonyl (C=O) groups is 1. The Labute approximate surface area is 98.3 Å². The van der Waals surface area contributed by atoms with Gasteiger partial charge in [0.25, 0.3) is 0 Å². The van der Waals surface area contributed by atoms with Crippen LogP contribution in [0.2, 0.25) is 0 Å². The quantitative estimate of drug-likeness (QED) is 0.808. The van der Waals surface area contributed by atoms with Gasteiger partial charge in [0.15, 0.2) is 0 Å². The molecule has 2 saturated heterocycles. The maximum Gasteiger partial charge on any atom is 0.389 e. The zero-order valence-electron chi connectivity index (χ0n) is 9.59. The highest BCUT2D eigenvalue weighted by molar-refractivity contribution is 5.76. The number of likely N-dealkylation sites (tertiary alicyclic amines) is 1. The molecular formula is C11H17F3N2O. The second kappa shape index (κ2) is 4.84. The number of fused-ring (bicyclic) bond motifs is 2. The Bertz CT molecular complexity index is 293. The van der Waals surface area contributed by atoms with Gasteiger partial charge in [-0.05, 0) is 19.3 Å². The number of carbonyl (C=O) groups excluding carboxylic acids is 1. The van der Waals surface area contributed by atoms with E-state index in [1.54, 1.807) is 4.90 Å². The average Bonchev–Trinajstić information content (AvgIpc) is 2.54. The lowest BCUT2D eigenvalue weighted by Crippen LogP contribution is -2.39. The van der Waals surface area contributed by atoms with Crippen LogP contribution >= 0.6 is 0 Å². The lowest BCUT2D eigenvalue weighted by Gasteiger charge is -2.24. The number of hydrogen-bond donors (Lipinski definition) is 1. The Morgan fingerprint density at radius 1 is 1.24 bits per heavy atom. The van der Waals surface area contributed by atoms with Crippen LogP contribution in [-0.2, 0) is 4.79 Å². The molecule has 0 radical (unpaired) electrons. The van der Waals surface area contributed by atoms with E-state index in [2.05, 4.69) is 5.32 Å². The van der Waals surface area contributed by atoms with Crippen LogP contribution in [0.5, 0.6) is 0 Å². The summed E-state index contributed by atoms with van der Waals surface area (Å²) in [5.74, 6) is -0.364. The molecular weight excluding hydrogens is 233 g/mol. The minimum absolute atomic E-state index is 0.275. The number of nitrogens with zero attached hydrogens (tertiary/aromatic N) is 1. The zero-order valence-corrected chi connectivity index (χ0v) is 9.59. The maximum atomic E-state index is 12.0. The Hall–Kier alpha value is -0.780. The highest BCUT2D eigenvalue weighted by Gasteiger charge is 2.33. The van der Waals surface area contributed by atoms with Crippen molar-refractivity contribution in [2.45, 2.75) is 50.4 Å². The highest BCUT2D eigenvalue weighted by Crippen LogP contribution is 2.24. The number of hydrogen-bond acceptors (Lipinski definition) is 2. The Morgan fingerprint density at radius 2 is 1.94 bits per heavy atom. The molecule has 0 aromatic rings. The summed E-state index contributed by atoms with van der Waals surface area (Å²) < 4.78 is 36.1. The van der Waals surface area contributed by atoms with E-state index >= 15 is 0 Å². The molecule has 2 aliphatic heterocycles. The SMILES string of the molecule is O=C(CCC(F)(F)F)N1CCC2CCC(C1)N2. The zero-order chi connectivity index (χ0) is 12.5. The topological polar surface area (TPSA) is 32.3 Å². The fourth-order valence-corrected chi connectivity index (χ4v) is 2.58. The van der Waals surface area contributed by atoms with E-state index < -0.39 is 19.0 Å². The largest absolute Gasteiger partial charge is 0.389 e. The van der Waals surface area contributed by atoms with Gasteiger partial charge in [0.1, 0.15) is 0 Å². The minimum Gasteiger partial charge on any atom is -0.341 e. The number of alkyl halides is 3. The van der Waals surface area contributed by atoms with Gasteiger partial charge < -0.3 is 10.2 Å². The molecule has 0 aromatic heterocycles. The summed E-state index contributed by atoms with van der Waals surface area (Å²) in [7, 11) is 0. The van der Waals surface area contributed by atoms with Crippen molar-refractivity contribution in [1.29, 1.82) is 0 Å². The van der Waals surface area contributed by atoms with Crippen molar-refractivity contribution in [2.24, 2.45) is 0 Å². The monoisotopic (exact) mass is 250 g/mol. The van der Waals surface area contributed by atoms with Crippen molar-refractivity contribution in [1.82, 2.24) is 10.2 Å². The molecule has 0 spiro atoms. The number of rotatable bonds is 2. The van der Waals surface area contributed by atoms with Crippen molar-refractivity contribution >= 4 is 5.91 Å². The summed E-state index contributed by atoms with van der Waals surface area (Å²) in [6, 6.07) is 0.720. The number of amides is 1. The predicted molar refractivity (Wildman–Crippen MR) is 56.4 cm³/mol. The second-order valence-electron chi connectivity index (χ2n) is 4.88. The molecule has 0 aromatic carbocycles. The van der Waals surface area contributed by atoms with Gasteiger partial charge in [0.2, 0.25) is 5.91 Å². The van der Waals surface area contributed by atoms with Crippen molar-refractivity contribution in [3.8, 4) is 0 Å². The summed E-state index contributed by atoms with van der Waals surface area (Å²) in [6.07, 6.45) is -2.67. The third-order valence-electron chi connectivity index (χ3n) is 3.50. The van der Waals surface area contributed by atoms with Crippen molar-refractivity contribution in [3.63, 3.8) is 0 Å². The molecule has 0 aliphatic carbocycles. The minimum atomic E-state index is -4.24. The van der Waals surface area contributed by atoms with Gasteiger partial charge in [-0.15, -0.1) is 0 Å². The second-order valence-corrected chi connectivity index (χ2v) is 4.88. The van der Waals surface area contributed by atoms with E-state index in [1.807, 2.05) is 0 Å². The molecule has 2 atom stereocenters. The normalized spacial score (nSPS) is 29.2. The first-order chi connectivity index (χ1) is 7.94. The summed E-state index contributed by atoms with van der Waals surface area (Å²) in [6.45, 7) is 1.15. The van der Waals surface area contributed by atoms with Gasteiger partial charge in [-0.3, -0.25) is 4.79 Å². The fraction of sp³-hybridized carbons (Fsp3) is 0.909. The molecule has 1 amide bonds. The van der Waals surface area contributed by atoms with E-state index in [9.17, 15) is 18.0 Å². The van der Waals surface area contributed by atoms with Gasteiger partial charge in [0, 0.05) is 31.6 Å². The lowest BCUT2D eigenvalue weighted by molar-refractivity contribution is -0.149. The molecule has 2 rings (SSSR count). The molecule has 1 N–H and O–H groups in total. The Morgan fingerprint density at radius 3 is 2.65 bits per heavy atom. The average molecular weight is 250 g/mol. The molecule has 17 heavy (non-hydrogen) atoms. The van der Waals surface area contributed by atoms with Crippen LogP contribution in [0, 0.1) is 0 Å². The van der Waals surface area contributed by atoms with E-state index in [4.69, 9.17) is 0 Å². The summed E-state index contributed by atoms with van der Waals surface area (Å²) in [5, 5.41) is 3.39. The Balaban J connectivity index is 1.83. The first kappa shape index (κ1) is 12.7. The Kier molecular flexibility index (Phi) is 3.61. The van der Waals surface area contributed by atoms with E-state index in [1.165, 1.54) is 0 Å². The molecule has 3 nitrogen and oxygen atoms in total. The predicted octanol–water partition coefficient (Wildman–Crippen LogP) is 1.68. The van der Waals surface area contributed by atoms with E-state index in [0.29, 0.717) is 19.1 Å². The van der Waals surface area contributed by atoms with Gasteiger partial charge in [0.05, 0.1) is 6.42 Å². The summed E-state index contributed by atoms with van der Waals surface area (Å²) >= 11 is 0. The lowest BCUT2D eigenvalue weighted by atomic mass is 10.1. The molecule has 0 saturated carbocycles. The smallest absolute Gasteiger partial charge is 0.341 e. The van der Waals surface area contributed by atoms with Crippen LogP contribution < -0.4 is 5.32 Å². The number of halogens is 3. The van der Waals surface area contributed by atoms with Crippen LogP contribution in [0.25, 0.3) is 0 Å². The van der Waals surface area contributed by atoms with Crippen LogP contribution in [0.1, 0.15) is 32.1 Å². The van der Waals surface area contributed by atoms with E-state index in [0.717, 1.165) is 19.3 Å². The maximum absolute atomic E-state index is 12.0. The van der Waals surface area contributed by atoms with Gasteiger partial charge >= 0.3 is 6.18 Å². The summed E-state index contributed by atoms with van der Waals surface area (Å²) in [5.41, 5.74) is 0. The first-order valence-corrected chi connectivity index (χ1v) is 6.04. The molecule has 2 bridgehead atoms. The van der Waals surface area contributed by atoms with Crippen LogP contribution in [0.3, 0.4) is 0 Å². The van der Waals surface area contributed by atoms with Crippen LogP contribution in [-0.4, -0.2) is 42.2 Å². The molecule has 98 valence electrons. The fourth-order valence-electron chi connectivity index (χ4n) is 2.58. The third kappa shape index (κ3) is 3.59. The van der Waals surface area contributed by atoms with Crippen molar-refractivity contribution in [3.05, 3.63) is 0 Å². The highest BCUT2D eigenvalue weighted by atomic mass is 19.4. The molecule has 2 fully saturated rings. The standard InChI is InChI=1S/C11H17F3N2O/c12-11(13,14)5-3-10(17)16-6-4-8-1-2-9(7-16)15-8/h8-9,15H,1-7H2. The molecule has 2 aliphatic rings. The van der Waals surface area contributed by atoms with Gasteiger partial charge in [-0.25, -0.2) is 0 Å². The molecule has 6 heteroatoms. The van der Waals surface area contributed by atoms with Crippen LogP contribution in [0.15, 0.2) is 0 Å². The van der Waals surface area contributed by atoms with Gasteiger partial charge in [-0.2, -0.15) is 13.2 Å².